The molecule has 0 bridgehead atoms. The summed E-state index contributed by atoms with van der Waals surface area (Å²) in [5.74, 6) is 1.66. The Balaban J connectivity index is 0.00000320. The molecule has 1 saturated heterocycles. The van der Waals surface area contributed by atoms with Gasteiger partial charge in [0.25, 0.3) is 0 Å². The van der Waals surface area contributed by atoms with Crippen molar-refractivity contribution in [2.45, 2.75) is 58.4 Å². The van der Waals surface area contributed by atoms with E-state index in [0.717, 1.165) is 45.2 Å². The van der Waals surface area contributed by atoms with Crippen LogP contribution >= 0.6 is 35.3 Å². The lowest BCUT2D eigenvalue weighted by atomic mass is 9.83. The molecular formula is C23H41IN4OS. The van der Waals surface area contributed by atoms with Gasteiger partial charge >= 0.3 is 0 Å². The number of thiophene rings is 1. The molecule has 0 spiro atoms. The monoisotopic (exact) mass is 548 g/mol. The molecule has 30 heavy (non-hydrogen) atoms. The summed E-state index contributed by atoms with van der Waals surface area (Å²) in [5.41, 5.74) is 0.384. The molecule has 2 aliphatic rings. The van der Waals surface area contributed by atoms with Crippen LogP contribution < -0.4 is 10.6 Å². The third-order valence-corrected chi connectivity index (χ3v) is 7.48. The first-order valence-electron chi connectivity index (χ1n) is 11.5. The predicted molar refractivity (Wildman–Crippen MR) is 139 cm³/mol. The highest BCUT2D eigenvalue weighted by Gasteiger charge is 2.33. The van der Waals surface area contributed by atoms with Crippen molar-refractivity contribution < 1.29 is 4.74 Å². The maximum atomic E-state index is 5.65. The van der Waals surface area contributed by atoms with Gasteiger partial charge in [-0.2, -0.15) is 0 Å². The van der Waals surface area contributed by atoms with Gasteiger partial charge < -0.3 is 15.4 Å². The normalized spacial score (nSPS) is 21.9. The Labute approximate surface area is 204 Å². The minimum absolute atomic E-state index is 0. The van der Waals surface area contributed by atoms with Crippen LogP contribution in [-0.4, -0.2) is 57.3 Å². The van der Waals surface area contributed by atoms with Gasteiger partial charge in [-0.25, -0.2) is 0 Å². The summed E-state index contributed by atoms with van der Waals surface area (Å²) in [6.45, 7) is 9.30. The molecule has 0 radical (unpaired) electrons. The zero-order valence-corrected chi connectivity index (χ0v) is 22.0. The van der Waals surface area contributed by atoms with Crippen LogP contribution in [0.3, 0.4) is 0 Å². The lowest BCUT2D eigenvalue weighted by molar-refractivity contribution is 0.105. The summed E-state index contributed by atoms with van der Waals surface area (Å²) in [6, 6.07) is 4.41. The van der Waals surface area contributed by atoms with E-state index in [0.29, 0.717) is 11.3 Å². The summed E-state index contributed by atoms with van der Waals surface area (Å²) in [6.07, 6.45) is 9.08. The number of guanidine groups is 1. The van der Waals surface area contributed by atoms with Crippen LogP contribution in [0.15, 0.2) is 22.5 Å². The third kappa shape index (κ3) is 8.28. The van der Waals surface area contributed by atoms with Crippen LogP contribution in [0, 0.1) is 11.3 Å². The molecule has 7 heteroatoms. The van der Waals surface area contributed by atoms with E-state index in [1.165, 1.54) is 56.5 Å². The molecule has 1 atom stereocenters. The zero-order valence-electron chi connectivity index (χ0n) is 18.8. The number of hydrogen-bond acceptors (Lipinski definition) is 4. The molecule has 1 aliphatic heterocycles. The van der Waals surface area contributed by atoms with Crippen molar-refractivity contribution in [3.8, 4) is 0 Å². The highest BCUT2D eigenvalue weighted by atomic mass is 127. The van der Waals surface area contributed by atoms with Crippen molar-refractivity contribution in [3.63, 3.8) is 0 Å². The van der Waals surface area contributed by atoms with Crippen LogP contribution in [-0.2, 0) is 11.3 Å². The summed E-state index contributed by atoms with van der Waals surface area (Å²) in [4.78, 5) is 8.58. The van der Waals surface area contributed by atoms with E-state index >= 15 is 0 Å². The van der Waals surface area contributed by atoms with Crippen molar-refractivity contribution in [1.82, 2.24) is 15.5 Å². The van der Waals surface area contributed by atoms with Gasteiger partial charge in [-0.3, -0.25) is 9.89 Å². The first-order valence-corrected chi connectivity index (χ1v) is 12.4. The molecule has 172 valence electrons. The molecule has 1 aliphatic carbocycles. The summed E-state index contributed by atoms with van der Waals surface area (Å²) >= 11 is 1.87. The van der Waals surface area contributed by atoms with Gasteiger partial charge in [-0.15, -0.1) is 35.3 Å². The van der Waals surface area contributed by atoms with E-state index in [-0.39, 0.29) is 24.0 Å². The van der Waals surface area contributed by atoms with Crippen LogP contribution in [0.5, 0.6) is 0 Å². The first kappa shape index (κ1) is 25.9. The lowest BCUT2D eigenvalue weighted by Crippen LogP contribution is -2.46. The average Bonchev–Trinajstić information content (AvgIpc) is 3.41. The van der Waals surface area contributed by atoms with Crippen molar-refractivity contribution in [2.24, 2.45) is 16.3 Å². The highest BCUT2D eigenvalue weighted by Crippen LogP contribution is 2.40. The maximum Gasteiger partial charge on any atom is 0.191 e. The lowest BCUT2D eigenvalue weighted by Gasteiger charge is -2.33. The molecule has 1 aromatic heterocycles. The van der Waals surface area contributed by atoms with Crippen molar-refractivity contribution in [3.05, 3.63) is 22.4 Å². The Morgan fingerprint density at radius 3 is 2.83 bits per heavy atom. The molecule has 5 nitrogen and oxygen atoms in total. The van der Waals surface area contributed by atoms with E-state index in [4.69, 9.17) is 4.74 Å². The van der Waals surface area contributed by atoms with E-state index in [9.17, 15) is 0 Å². The van der Waals surface area contributed by atoms with E-state index < -0.39 is 0 Å². The fourth-order valence-corrected chi connectivity index (χ4v) is 5.64. The number of aliphatic imine (C=N–C) groups is 1. The van der Waals surface area contributed by atoms with Crippen LogP contribution in [0.2, 0.25) is 0 Å². The molecule has 1 unspecified atom stereocenters. The molecule has 0 aromatic carbocycles. The molecule has 2 N–H and O–H groups in total. The molecule has 2 heterocycles. The fourth-order valence-electron chi connectivity index (χ4n) is 4.89. The van der Waals surface area contributed by atoms with Gasteiger partial charge in [0.15, 0.2) is 5.96 Å². The van der Waals surface area contributed by atoms with Crippen molar-refractivity contribution in [1.29, 1.82) is 0 Å². The second kappa shape index (κ2) is 13.9. The number of hydrogen-bond donors (Lipinski definition) is 2. The van der Waals surface area contributed by atoms with Crippen LogP contribution in [0.1, 0.15) is 56.7 Å². The van der Waals surface area contributed by atoms with Crippen molar-refractivity contribution in [2.75, 3.05) is 46.4 Å². The van der Waals surface area contributed by atoms with Crippen LogP contribution in [0.4, 0.5) is 0 Å². The Bertz CT molecular complexity index is 604. The minimum atomic E-state index is 0. The number of nitrogens with zero attached hydrogens (tertiary/aromatic N) is 2. The minimum Gasteiger partial charge on any atom is -0.382 e. The maximum absolute atomic E-state index is 5.65. The number of nitrogens with one attached hydrogen (secondary N) is 2. The quantitative estimate of drug-likeness (QED) is 0.192. The standard InChI is InChI=1S/C23H40N4OS.HI/c1-3-28-14-12-23(10-4-5-11-23)19-26-22(24-2)25-16-20-8-6-13-27(17-20)18-21-9-7-15-29-21;/h7,9,15,20H,3-6,8,10-14,16-19H2,1-2H3,(H2,24,25,26);1H. The first-order chi connectivity index (χ1) is 14.2. The summed E-state index contributed by atoms with van der Waals surface area (Å²) in [7, 11) is 1.89. The summed E-state index contributed by atoms with van der Waals surface area (Å²) in [5, 5.41) is 9.43. The second-order valence-electron chi connectivity index (χ2n) is 8.78. The van der Waals surface area contributed by atoms with Gasteiger partial charge in [-0.1, -0.05) is 18.9 Å². The predicted octanol–water partition coefficient (Wildman–Crippen LogP) is 4.73. The smallest absolute Gasteiger partial charge is 0.191 e. The third-order valence-electron chi connectivity index (χ3n) is 6.62. The Hall–Kier alpha value is -0.380. The topological polar surface area (TPSA) is 48.9 Å². The molecule has 1 saturated carbocycles. The Kier molecular flexibility index (Phi) is 12.0. The van der Waals surface area contributed by atoms with Gasteiger partial charge in [0.05, 0.1) is 0 Å². The van der Waals surface area contributed by atoms with Crippen molar-refractivity contribution >= 4 is 41.3 Å². The van der Waals surface area contributed by atoms with Gasteiger partial charge in [0, 0.05) is 51.3 Å². The molecule has 0 amide bonds. The van der Waals surface area contributed by atoms with E-state index in [2.05, 4.69) is 45.0 Å². The highest BCUT2D eigenvalue weighted by molar-refractivity contribution is 14.0. The number of piperidine rings is 1. The van der Waals surface area contributed by atoms with Gasteiger partial charge in [-0.05, 0) is 68.4 Å². The largest absolute Gasteiger partial charge is 0.382 e. The number of halogens is 1. The second-order valence-corrected chi connectivity index (χ2v) is 9.82. The number of ether oxygens (including phenoxy) is 1. The number of likely N-dealkylation sites (tertiary alicyclic amines) is 1. The van der Waals surface area contributed by atoms with Gasteiger partial charge in [0.2, 0.25) is 0 Å². The average molecular weight is 549 g/mol. The summed E-state index contributed by atoms with van der Waals surface area (Å²) < 4.78 is 5.65. The SMILES string of the molecule is CCOCCC1(CNC(=NC)NCC2CCCN(Cc3cccs3)C2)CCCC1.I. The number of rotatable bonds is 10. The van der Waals surface area contributed by atoms with Gasteiger partial charge in [0.1, 0.15) is 0 Å². The Morgan fingerprint density at radius 1 is 1.30 bits per heavy atom. The zero-order chi connectivity index (χ0) is 20.4. The molecule has 1 aromatic rings. The van der Waals surface area contributed by atoms with E-state index in [1.807, 2.05) is 18.4 Å². The Morgan fingerprint density at radius 2 is 2.13 bits per heavy atom. The molecular weight excluding hydrogens is 507 g/mol. The molecule has 2 fully saturated rings. The van der Waals surface area contributed by atoms with Crippen LogP contribution in [0.25, 0.3) is 0 Å². The fraction of sp³-hybridized carbons (Fsp3) is 0.783. The molecule has 3 rings (SSSR count). The van der Waals surface area contributed by atoms with E-state index in [1.54, 1.807) is 0 Å².